The molecule has 2 aromatic rings. The van der Waals surface area contributed by atoms with Crippen molar-refractivity contribution in [3.8, 4) is 0 Å². The van der Waals surface area contributed by atoms with Gasteiger partial charge in [0.15, 0.2) is 0 Å². The van der Waals surface area contributed by atoms with Crippen LogP contribution in [0.15, 0.2) is 12.1 Å². The van der Waals surface area contributed by atoms with Crippen LogP contribution < -0.4 is 10.2 Å². The summed E-state index contributed by atoms with van der Waals surface area (Å²) in [6.07, 6.45) is 3.07. The van der Waals surface area contributed by atoms with Gasteiger partial charge in [-0.25, -0.2) is 4.98 Å². The molecule has 2 aliphatic rings. The third-order valence-corrected chi connectivity index (χ3v) is 5.51. The normalized spacial score (nSPS) is 20.0. The molecule has 1 amide bonds. The molecule has 1 fully saturated rings. The molecule has 4 heterocycles. The predicted octanol–water partition coefficient (Wildman–Crippen LogP) is 2.10. The Morgan fingerprint density at radius 2 is 2.16 bits per heavy atom. The molecule has 0 aliphatic carbocycles. The van der Waals surface area contributed by atoms with E-state index in [2.05, 4.69) is 22.5 Å². The molecule has 0 saturated carbocycles. The zero-order valence-corrected chi connectivity index (χ0v) is 15.2. The molecule has 25 heavy (non-hydrogen) atoms. The number of carbonyl (C=O) groups is 1. The van der Waals surface area contributed by atoms with Crippen LogP contribution in [0, 0.1) is 13.8 Å². The lowest BCUT2D eigenvalue weighted by atomic mass is 9.99. The number of anilines is 1. The summed E-state index contributed by atoms with van der Waals surface area (Å²) in [5, 5.41) is 7.80. The van der Waals surface area contributed by atoms with Gasteiger partial charge in [0.1, 0.15) is 5.82 Å². The van der Waals surface area contributed by atoms with Crippen LogP contribution in [0.3, 0.4) is 0 Å². The van der Waals surface area contributed by atoms with Crippen LogP contribution in [-0.2, 0) is 13.5 Å². The summed E-state index contributed by atoms with van der Waals surface area (Å²) in [5.74, 6) is 1.33. The van der Waals surface area contributed by atoms with Crippen molar-refractivity contribution >= 4 is 11.7 Å². The van der Waals surface area contributed by atoms with Gasteiger partial charge in [0.25, 0.3) is 5.91 Å². The summed E-state index contributed by atoms with van der Waals surface area (Å²) < 4.78 is 1.78. The number of rotatable bonds is 2. The standard InChI is InChI=1S/C19H25N5O/c1-12-17(13(2)23(3)22-12)19(25)24-10-4-5-14-6-7-16(21-18(14)24)15-8-9-20-11-15/h6-7,15,20H,4-5,8-11H2,1-3H3. The van der Waals surface area contributed by atoms with Crippen molar-refractivity contribution < 1.29 is 4.79 Å². The molecule has 6 nitrogen and oxygen atoms in total. The minimum atomic E-state index is 0.0262. The van der Waals surface area contributed by atoms with Gasteiger partial charge in [-0.3, -0.25) is 14.4 Å². The highest BCUT2D eigenvalue weighted by molar-refractivity contribution is 6.07. The number of nitrogens with zero attached hydrogens (tertiary/aromatic N) is 4. The highest BCUT2D eigenvalue weighted by atomic mass is 16.2. The Labute approximate surface area is 148 Å². The van der Waals surface area contributed by atoms with Crippen molar-refractivity contribution in [1.82, 2.24) is 20.1 Å². The van der Waals surface area contributed by atoms with Crippen molar-refractivity contribution in [2.24, 2.45) is 7.05 Å². The molecule has 2 aliphatic heterocycles. The van der Waals surface area contributed by atoms with E-state index in [-0.39, 0.29) is 5.91 Å². The number of aryl methyl sites for hydroxylation is 3. The van der Waals surface area contributed by atoms with E-state index in [1.807, 2.05) is 25.8 Å². The smallest absolute Gasteiger partial charge is 0.263 e. The number of pyridine rings is 1. The highest BCUT2D eigenvalue weighted by Crippen LogP contribution is 2.31. The Kier molecular flexibility index (Phi) is 4.07. The first-order valence-corrected chi connectivity index (χ1v) is 9.09. The fourth-order valence-corrected chi connectivity index (χ4v) is 4.00. The summed E-state index contributed by atoms with van der Waals surface area (Å²) >= 11 is 0. The first-order valence-electron chi connectivity index (χ1n) is 9.09. The molecule has 0 radical (unpaired) electrons. The fraction of sp³-hybridized carbons (Fsp3) is 0.526. The van der Waals surface area contributed by atoms with Crippen molar-refractivity contribution in [1.29, 1.82) is 0 Å². The zero-order valence-electron chi connectivity index (χ0n) is 15.2. The fourth-order valence-electron chi connectivity index (χ4n) is 4.00. The van der Waals surface area contributed by atoms with Crippen LogP contribution in [0.2, 0.25) is 0 Å². The number of aromatic nitrogens is 3. The van der Waals surface area contributed by atoms with E-state index < -0.39 is 0 Å². The van der Waals surface area contributed by atoms with Crippen LogP contribution in [0.1, 0.15) is 51.8 Å². The molecule has 2 aromatic heterocycles. The third-order valence-electron chi connectivity index (χ3n) is 5.51. The van der Waals surface area contributed by atoms with Gasteiger partial charge in [-0.05, 0) is 51.3 Å². The molecular weight excluding hydrogens is 314 g/mol. The number of hydrogen-bond donors (Lipinski definition) is 1. The molecule has 1 unspecified atom stereocenters. The average molecular weight is 339 g/mol. The molecule has 0 spiro atoms. The molecule has 6 heteroatoms. The van der Waals surface area contributed by atoms with Crippen LogP contribution in [0.5, 0.6) is 0 Å². The molecule has 1 atom stereocenters. The van der Waals surface area contributed by atoms with Crippen molar-refractivity contribution in [3.63, 3.8) is 0 Å². The summed E-state index contributed by atoms with van der Waals surface area (Å²) in [6, 6.07) is 4.31. The summed E-state index contributed by atoms with van der Waals surface area (Å²) in [7, 11) is 1.88. The molecule has 1 saturated heterocycles. The molecule has 4 rings (SSSR count). The van der Waals surface area contributed by atoms with E-state index in [4.69, 9.17) is 4.98 Å². The van der Waals surface area contributed by atoms with Gasteiger partial charge in [-0.2, -0.15) is 5.10 Å². The second-order valence-corrected chi connectivity index (χ2v) is 7.14. The summed E-state index contributed by atoms with van der Waals surface area (Å²) in [4.78, 5) is 20.1. The Hall–Kier alpha value is -2.21. The maximum Gasteiger partial charge on any atom is 0.263 e. The minimum absolute atomic E-state index is 0.0262. The van der Waals surface area contributed by atoms with Gasteiger partial charge < -0.3 is 5.32 Å². The Morgan fingerprint density at radius 1 is 1.32 bits per heavy atom. The van der Waals surface area contributed by atoms with E-state index in [0.717, 1.165) is 61.8 Å². The number of amides is 1. The first-order chi connectivity index (χ1) is 12.1. The number of fused-ring (bicyclic) bond motifs is 1. The minimum Gasteiger partial charge on any atom is -0.316 e. The van der Waals surface area contributed by atoms with Gasteiger partial charge in [0.2, 0.25) is 0 Å². The SMILES string of the molecule is Cc1nn(C)c(C)c1C(=O)N1CCCc2ccc(C3CCNC3)nc21. The molecule has 132 valence electrons. The Bertz CT molecular complexity index is 819. The van der Waals surface area contributed by atoms with E-state index >= 15 is 0 Å². The zero-order chi connectivity index (χ0) is 17.6. The Morgan fingerprint density at radius 3 is 2.84 bits per heavy atom. The van der Waals surface area contributed by atoms with Crippen LogP contribution in [0.4, 0.5) is 5.82 Å². The van der Waals surface area contributed by atoms with E-state index in [0.29, 0.717) is 11.5 Å². The molecule has 1 N–H and O–H groups in total. The quantitative estimate of drug-likeness (QED) is 0.910. The van der Waals surface area contributed by atoms with Crippen molar-refractivity contribution in [2.75, 3.05) is 24.5 Å². The lowest BCUT2D eigenvalue weighted by molar-refractivity contribution is 0.0983. The van der Waals surface area contributed by atoms with Crippen molar-refractivity contribution in [2.45, 2.75) is 39.0 Å². The highest BCUT2D eigenvalue weighted by Gasteiger charge is 2.30. The van der Waals surface area contributed by atoms with E-state index in [9.17, 15) is 4.79 Å². The van der Waals surface area contributed by atoms with Gasteiger partial charge in [0.05, 0.1) is 11.3 Å². The van der Waals surface area contributed by atoms with Gasteiger partial charge in [0, 0.05) is 37.4 Å². The number of carbonyl (C=O) groups excluding carboxylic acids is 1. The summed E-state index contributed by atoms with van der Waals surface area (Å²) in [6.45, 7) is 6.59. The maximum absolute atomic E-state index is 13.3. The molecular formula is C19H25N5O. The van der Waals surface area contributed by atoms with Crippen LogP contribution >= 0.6 is 0 Å². The lowest BCUT2D eigenvalue weighted by Crippen LogP contribution is -2.37. The van der Waals surface area contributed by atoms with Gasteiger partial charge in [-0.1, -0.05) is 6.07 Å². The van der Waals surface area contributed by atoms with Gasteiger partial charge in [-0.15, -0.1) is 0 Å². The Balaban J connectivity index is 1.73. The van der Waals surface area contributed by atoms with Crippen LogP contribution in [0.25, 0.3) is 0 Å². The largest absolute Gasteiger partial charge is 0.316 e. The number of hydrogen-bond acceptors (Lipinski definition) is 4. The second kappa shape index (κ2) is 6.26. The van der Waals surface area contributed by atoms with E-state index in [1.165, 1.54) is 5.56 Å². The second-order valence-electron chi connectivity index (χ2n) is 7.14. The predicted molar refractivity (Wildman–Crippen MR) is 97.1 cm³/mol. The van der Waals surface area contributed by atoms with E-state index in [1.54, 1.807) is 4.68 Å². The van der Waals surface area contributed by atoms with Crippen LogP contribution in [-0.4, -0.2) is 40.3 Å². The lowest BCUT2D eigenvalue weighted by Gasteiger charge is -2.29. The average Bonchev–Trinajstić information content (AvgIpc) is 3.22. The van der Waals surface area contributed by atoms with Crippen molar-refractivity contribution in [3.05, 3.63) is 40.3 Å². The number of nitrogens with one attached hydrogen (secondary N) is 1. The first kappa shape index (κ1) is 16.3. The molecule has 0 bridgehead atoms. The summed E-state index contributed by atoms with van der Waals surface area (Å²) in [5.41, 5.74) is 4.68. The molecule has 0 aromatic carbocycles. The maximum atomic E-state index is 13.3. The monoisotopic (exact) mass is 339 g/mol. The van der Waals surface area contributed by atoms with Gasteiger partial charge >= 0.3 is 0 Å². The third kappa shape index (κ3) is 2.74. The topological polar surface area (TPSA) is 63.1 Å².